The maximum absolute atomic E-state index is 11.9. The molecule has 0 aromatic heterocycles. The van der Waals surface area contributed by atoms with Crippen molar-refractivity contribution in [1.29, 1.82) is 0 Å². The lowest BCUT2D eigenvalue weighted by molar-refractivity contribution is 0.0526. The predicted molar refractivity (Wildman–Crippen MR) is 85.8 cm³/mol. The van der Waals surface area contributed by atoms with E-state index in [1.807, 2.05) is 48.5 Å². The van der Waals surface area contributed by atoms with Gasteiger partial charge in [0.15, 0.2) is 0 Å². The summed E-state index contributed by atoms with van der Waals surface area (Å²) in [5, 5.41) is 0.679. The van der Waals surface area contributed by atoms with Crippen LogP contribution in [0.4, 0.5) is 0 Å². The number of benzene rings is 2. The van der Waals surface area contributed by atoms with E-state index in [0.29, 0.717) is 24.1 Å². The molecule has 2 aromatic carbocycles. The molecule has 2 rings (SSSR count). The standard InChI is InChI=1S/C17H17BrO3/c1-2-20-17(19)15-9-13(11-18)8-14(10-15)12-21-16-6-4-3-5-7-16/h3-10H,2,11-12H2,1H3. The van der Waals surface area contributed by atoms with E-state index in [2.05, 4.69) is 15.9 Å². The van der Waals surface area contributed by atoms with E-state index in [-0.39, 0.29) is 5.97 Å². The van der Waals surface area contributed by atoms with Gasteiger partial charge in [-0.25, -0.2) is 4.79 Å². The highest BCUT2D eigenvalue weighted by molar-refractivity contribution is 9.08. The summed E-state index contributed by atoms with van der Waals surface area (Å²) in [5.41, 5.74) is 2.52. The number of rotatable bonds is 6. The Morgan fingerprint density at radius 3 is 2.48 bits per heavy atom. The minimum atomic E-state index is -0.304. The van der Waals surface area contributed by atoms with Crippen molar-refractivity contribution in [2.75, 3.05) is 6.61 Å². The van der Waals surface area contributed by atoms with Crippen molar-refractivity contribution in [1.82, 2.24) is 0 Å². The quantitative estimate of drug-likeness (QED) is 0.575. The molecular formula is C17H17BrO3. The molecule has 3 nitrogen and oxygen atoms in total. The fraction of sp³-hybridized carbons (Fsp3) is 0.235. The highest BCUT2D eigenvalue weighted by Gasteiger charge is 2.10. The lowest BCUT2D eigenvalue weighted by Crippen LogP contribution is -2.07. The van der Waals surface area contributed by atoms with Gasteiger partial charge in [0.25, 0.3) is 0 Å². The van der Waals surface area contributed by atoms with Crippen LogP contribution in [-0.4, -0.2) is 12.6 Å². The zero-order valence-electron chi connectivity index (χ0n) is 11.8. The van der Waals surface area contributed by atoms with Gasteiger partial charge in [0.2, 0.25) is 0 Å². The third-order valence-corrected chi connectivity index (χ3v) is 3.51. The van der Waals surface area contributed by atoms with Crippen molar-refractivity contribution in [3.63, 3.8) is 0 Å². The lowest BCUT2D eigenvalue weighted by atomic mass is 10.1. The first-order valence-corrected chi connectivity index (χ1v) is 7.89. The molecule has 110 valence electrons. The molecule has 0 spiro atoms. The Morgan fingerprint density at radius 1 is 1.10 bits per heavy atom. The minimum absolute atomic E-state index is 0.304. The molecule has 0 bridgehead atoms. The topological polar surface area (TPSA) is 35.5 Å². The molecule has 0 aliphatic carbocycles. The van der Waals surface area contributed by atoms with Crippen LogP contribution in [0.2, 0.25) is 0 Å². The Labute approximate surface area is 133 Å². The summed E-state index contributed by atoms with van der Waals surface area (Å²) in [6.45, 7) is 2.58. The first-order chi connectivity index (χ1) is 10.2. The first-order valence-electron chi connectivity index (χ1n) is 6.76. The zero-order valence-corrected chi connectivity index (χ0v) is 13.4. The summed E-state index contributed by atoms with van der Waals surface area (Å²) >= 11 is 3.42. The van der Waals surface area contributed by atoms with E-state index < -0.39 is 0 Å². The number of alkyl halides is 1. The van der Waals surface area contributed by atoms with Gasteiger partial charge in [-0.2, -0.15) is 0 Å². The molecule has 21 heavy (non-hydrogen) atoms. The molecule has 0 N–H and O–H groups in total. The minimum Gasteiger partial charge on any atom is -0.489 e. The number of ether oxygens (including phenoxy) is 2. The molecule has 0 radical (unpaired) electrons. The van der Waals surface area contributed by atoms with Crippen molar-refractivity contribution < 1.29 is 14.3 Å². The molecule has 0 aliphatic rings. The Morgan fingerprint density at radius 2 is 1.81 bits per heavy atom. The van der Waals surface area contributed by atoms with Crippen LogP contribution in [-0.2, 0) is 16.7 Å². The second kappa shape index (κ2) is 7.84. The molecule has 2 aromatic rings. The van der Waals surface area contributed by atoms with Crippen molar-refractivity contribution in [2.45, 2.75) is 18.9 Å². The summed E-state index contributed by atoms with van der Waals surface area (Å²) in [6.07, 6.45) is 0. The number of hydrogen-bond donors (Lipinski definition) is 0. The zero-order chi connectivity index (χ0) is 15.1. The van der Waals surface area contributed by atoms with Gasteiger partial charge >= 0.3 is 5.97 Å². The van der Waals surface area contributed by atoms with Crippen molar-refractivity contribution >= 4 is 21.9 Å². The fourth-order valence-electron chi connectivity index (χ4n) is 1.94. The smallest absolute Gasteiger partial charge is 0.338 e. The highest BCUT2D eigenvalue weighted by atomic mass is 79.9. The van der Waals surface area contributed by atoms with Gasteiger partial charge < -0.3 is 9.47 Å². The van der Waals surface area contributed by atoms with Gasteiger partial charge in [-0.3, -0.25) is 0 Å². The van der Waals surface area contributed by atoms with Crippen LogP contribution in [0, 0.1) is 0 Å². The summed E-state index contributed by atoms with van der Waals surface area (Å²) in [5.74, 6) is 0.501. The summed E-state index contributed by atoms with van der Waals surface area (Å²) < 4.78 is 10.8. The third kappa shape index (κ3) is 4.60. The van der Waals surface area contributed by atoms with Crippen LogP contribution >= 0.6 is 15.9 Å². The van der Waals surface area contributed by atoms with E-state index >= 15 is 0 Å². The van der Waals surface area contributed by atoms with Crippen LogP contribution < -0.4 is 4.74 Å². The van der Waals surface area contributed by atoms with E-state index in [0.717, 1.165) is 16.9 Å². The average Bonchev–Trinajstić information content (AvgIpc) is 2.54. The maximum atomic E-state index is 11.9. The van der Waals surface area contributed by atoms with Crippen molar-refractivity contribution in [2.24, 2.45) is 0 Å². The Hall–Kier alpha value is -1.81. The first kappa shape index (κ1) is 15.6. The normalized spacial score (nSPS) is 10.2. The molecule has 0 atom stereocenters. The molecule has 4 heteroatoms. The van der Waals surface area contributed by atoms with Crippen LogP contribution in [0.3, 0.4) is 0 Å². The fourth-order valence-corrected chi connectivity index (χ4v) is 2.26. The lowest BCUT2D eigenvalue weighted by Gasteiger charge is -2.10. The average molecular weight is 349 g/mol. The molecule has 0 fully saturated rings. The van der Waals surface area contributed by atoms with E-state index in [1.165, 1.54) is 0 Å². The number of carbonyl (C=O) groups excluding carboxylic acids is 1. The van der Waals surface area contributed by atoms with Crippen molar-refractivity contribution in [3.05, 3.63) is 65.2 Å². The van der Waals surface area contributed by atoms with Gasteiger partial charge in [-0.15, -0.1) is 0 Å². The third-order valence-electron chi connectivity index (χ3n) is 2.87. The second-order valence-corrected chi connectivity index (χ2v) is 5.05. The van der Waals surface area contributed by atoms with E-state index in [1.54, 1.807) is 6.92 Å². The van der Waals surface area contributed by atoms with Crippen LogP contribution in [0.25, 0.3) is 0 Å². The maximum Gasteiger partial charge on any atom is 0.338 e. The van der Waals surface area contributed by atoms with Gasteiger partial charge in [0.1, 0.15) is 12.4 Å². The summed E-state index contributed by atoms with van der Waals surface area (Å²) in [7, 11) is 0. The summed E-state index contributed by atoms with van der Waals surface area (Å²) in [4.78, 5) is 11.9. The monoisotopic (exact) mass is 348 g/mol. The largest absolute Gasteiger partial charge is 0.489 e. The Kier molecular flexibility index (Phi) is 5.81. The van der Waals surface area contributed by atoms with Crippen LogP contribution in [0.5, 0.6) is 5.75 Å². The van der Waals surface area contributed by atoms with Gasteiger partial charge in [0.05, 0.1) is 12.2 Å². The number of carbonyl (C=O) groups is 1. The SMILES string of the molecule is CCOC(=O)c1cc(CBr)cc(COc2ccccc2)c1. The van der Waals surface area contributed by atoms with Crippen LogP contribution in [0.1, 0.15) is 28.4 Å². The second-order valence-electron chi connectivity index (χ2n) is 4.49. The molecular weight excluding hydrogens is 332 g/mol. The molecule has 0 heterocycles. The molecule has 0 unspecified atom stereocenters. The van der Waals surface area contributed by atoms with E-state index in [9.17, 15) is 4.79 Å². The number of para-hydroxylation sites is 1. The predicted octanol–water partition coefficient (Wildman–Crippen LogP) is 4.34. The van der Waals surface area contributed by atoms with Gasteiger partial charge in [0, 0.05) is 5.33 Å². The molecule has 0 saturated carbocycles. The molecule has 0 aliphatic heterocycles. The molecule has 0 amide bonds. The van der Waals surface area contributed by atoms with Gasteiger partial charge in [-0.05, 0) is 42.3 Å². The van der Waals surface area contributed by atoms with Crippen molar-refractivity contribution in [3.8, 4) is 5.75 Å². The Bertz CT molecular complexity index is 596. The van der Waals surface area contributed by atoms with Crippen LogP contribution in [0.15, 0.2) is 48.5 Å². The highest BCUT2D eigenvalue weighted by Crippen LogP contribution is 2.17. The summed E-state index contributed by atoms with van der Waals surface area (Å²) in [6, 6.07) is 15.3. The number of halogens is 1. The van der Waals surface area contributed by atoms with Gasteiger partial charge in [-0.1, -0.05) is 40.2 Å². The number of esters is 1. The number of hydrogen-bond acceptors (Lipinski definition) is 3. The van der Waals surface area contributed by atoms with E-state index in [4.69, 9.17) is 9.47 Å². The Balaban J connectivity index is 2.14. The molecule has 0 saturated heterocycles.